The van der Waals surface area contributed by atoms with E-state index in [2.05, 4.69) is 9.44 Å². The lowest BCUT2D eigenvalue weighted by Gasteiger charge is -2.28. The Labute approximate surface area is 135 Å². The van der Waals surface area contributed by atoms with Gasteiger partial charge in [0.1, 0.15) is 5.60 Å². The second kappa shape index (κ2) is 10.2. The van der Waals surface area contributed by atoms with Gasteiger partial charge in [-0.3, -0.25) is 0 Å². The Kier molecular flexibility index (Phi) is 9.90. The van der Waals surface area contributed by atoms with Gasteiger partial charge < -0.3 is 4.74 Å². The van der Waals surface area contributed by atoms with Gasteiger partial charge in [-0.05, 0) is 32.3 Å². The second-order valence-electron chi connectivity index (χ2n) is 5.19. The van der Waals surface area contributed by atoms with E-state index in [0.29, 0.717) is 25.8 Å². The van der Waals surface area contributed by atoms with E-state index in [9.17, 15) is 16.8 Å². The van der Waals surface area contributed by atoms with Crippen LogP contribution in [0.2, 0.25) is 0 Å². The molecule has 0 aliphatic heterocycles. The van der Waals surface area contributed by atoms with Gasteiger partial charge in [0.15, 0.2) is 0 Å². The lowest BCUT2D eigenvalue weighted by Crippen LogP contribution is -2.34. The maximum absolute atomic E-state index is 11.4. The molecule has 1 atom stereocenters. The van der Waals surface area contributed by atoms with Crippen molar-refractivity contribution in [3.8, 4) is 0 Å². The minimum absolute atomic E-state index is 0.0512. The van der Waals surface area contributed by atoms with Crippen molar-refractivity contribution in [3.05, 3.63) is 11.8 Å². The third kappa shape index (κ3) is 9.39. The SMILES string of the molecule is CC/C(=C\OC(C)(CC)CCNS(=O)(=O)CC)CN[SH](=O)=O. The number of hydrogen-bond donors (Lipinski definition) is 3. The first kappa shape index (κ1) is 21.4. The van der Waals surface area contributed by atoms with E-state index >= 15 is 0 Å². The molecule has 0 spiro atoms. The Morgan fingerprint density at radius 2 is 1.91 bits per heavy atom. The highest BCUT2D eigenvalue weighted by Crippen LogP contribution is 2.21. The maximum Gasteiger partial charge on any atom is 0.211 e. The van der Waals surface area contributed by atoms with Gasteiger partial charge in [0, 0.05) is 19.5 Å². The fraction of sp³-hybridized carbons (Fsp3) is 0.846. The van der Waals surface area contributed by atoms with E-state index in [4.69, 9.17) is 4.74 Å². The van der Waals surface area contributed by atoms with Crippen molar-refractivity contribution in [2.45, 2.75) is 52.6 Å². The molecule has 0 aliphatic rings. The number of thiol groups is 1. The number of ether oxygens (including phenoxy) is 1. The molecule has 9 heteroatoms. The molecule has 0 aromatic heterocycles. The molecule has 0 rings (SSSR count). The summed E-state index contributed by atoms with van der Waals surface area (Å²) in [5.74, 6) is 0.0512. The lowest BCUT2D eigenvalue weighted by molar-refractivity contribution is 0.0276. The largest absolute Gasteiger partial charge is 0.495 e. The molecule has 0 amide bonds. The molecule has 0 bridgehead atoms. The zero-order valence-corrected chi connectivity index (χ0v) is 15.4. The predicted molar refractivity (Wildman–Crippen MR) is 88.6 cm³/mol. The van der Waals surface area contributed by atoms with E-state index in [-0.39, 0.29) is 12.3 Å². The number of hydrogen-bond acceptors (Lipinski definition) is 5. The molecule has 0 fully saturated rings. The third-order valence-electron chi connectivity index (χ3n) is 3.50. The molecule has 0 aliphatic carbocycles. The molecule has 7 nitrogen and oxygen atoms in total. The van der Waals surface area contributed by atoms with Crippen LogP contribution in [0.4, 0.5) is 0 Å². The first-order valence-electron chi connectivity index (χ1n) is 7.39. The highest BCUT2D eigenvalue weighted by atomic mass is 32.2. The Morgan fingerprint density at radius 1 is 1.27 bits per heavy atom. The van der Waals surface area contributed by atoms with Gasteiger partial charge >= 0.3 is 0 Å². The predicted octanol–water partition coefficient (Wildman–Crippen LogP) is 0.911. The molecular weight excluding hydrogens is 328 g/mol. The van der Waals surface area contributed by atoms with Gasteiger partial charge in [-0.1, -0.05) is 13.8 Å². The van der Waals surface area contributed by atoms with Gasteiger partial charge in [0.05, 0.1) is 12.0 Å². The highest BCUT2D eigenvalue weighted by molar-refractivity contribution is 7.89. The molecule has 2 N–H and O–H groups in total. The van der Waals surface area contributed by atoms with Gasteiger partial charge in [0.25, 0.3) is 0 Å². The summed E-state index contributed by atoms with van der Waals surface area (Å²) in [6, 6.07) is 0. The van der Waals surface area contributed by atoms with Crippen molar-refractivity contribution in [3.63, 3.8) is 0 Å². The van der Waals surface area contributed by atoms with Crippen LogP contribution in [0.1, 0.15) is 47.0 Å². The number of sulfonamides is 1. The van der Waals surface area contributed by atoms with Crippen LogP contribution in [0.15, 0.2) is 11.8 Å². The summed E-state index contributed by atoms with van der Waals surface area (Å²) >= 11 is 0. The first-order chi connectivity index (χ1) is 10.2. The maximum atomic E-state index is 11.4. The fourth-order valence-electron chi connectivity index (χ4n) is 1.53. The van der Waals surface area contributed by atoms with Crippen LogP contribution < -0.4 is 9.44 Å². The molecule has 0 aromatic carbocycles. The molecule has 0 radical (unpaired) electrons. The minimum Gasteiger partial charge on any atom is -0.495 e. The normalized spacial score (nSPS) is 15.8. The molecule has 0 saturated carbocycles. The first-order valence-corrected chi connectivity index (χ1v) is 10.2. The Balaban J connectivity index is 4.58. The second-order valence-corrected chi connectivity index (χ2v) is 8.12. The summed E-state index contributed by atoms with van der Waals surface area (Å²) < 4.78 is 54.5. The molecule has 0 aromatic rings. The standard InChI is InChI=1S/C13H28N2O5S2/c1-5-12(10-14-21(16)17)11-20-13(4,6-2)8-9-15-22(18,19)7-3/h11,15,21H,5-10H2,1-4H3,(H,14,16,17)/b12-11+. The average molecular weight is 357 g/mol. The van der Waals surface area contributed by atoms with Crippen molar-refractivity contribution in [1.82, 2.24) is 9.44 Å². The zero-order valence-electron chi connectivity index (χ0n) is 13.7. The summed E-state index contributed by atoms with van der Waals surface area (Å²) in [4.78, 5) is 0. The summed E-state index contributed by atoms with van der Waals surface area (Å²) in [5, 5.41) is 0. The molecule has 1 unspecified atom stereocenters. The van der Waals surface area contributed by atoms with Crippen molar-refractivity contribution in [2.24, 2.45) is 0 Å². The van der Waals surface area contributed by atoms with Gasteiger partial charge in [0.2, 0.25) is 20.9 Å². The molecule has 0 heterocycles. The highest BCUT2D eigenvalue weighted by Gasteiger charge is 2.23. The molecular formula is C13H28N2O5S2. The van der Waals surface area contributed by atoms with Crippen molar-refractivity contribution in [2.75, 3.05) is 18.8 Å². The van der Waals surface area contributed by atoms with Crippen LogP contribution in [0, 0.1) is 0 Å². The smallest absolute Gasteiger partial charge is 0.211 e. The summed E-state index contributed by atoms with van der Waals surface area (Å²) in [6.45, 7) is 7.88. The lowest BCUT2D eigenvalue weighted by atomic mass is 9.99. The van der Waals surface area contributed by atoms with Crippen molar-refractivity contribution >= 4 is 20.9 Å². The van der Waals surface area contributed by atoms with Gasteiger partial charge in [-0.15, -0.1) is 0 Å². The van der Waals surface area contributed by atoms with Crippen LogP contribution in [0.5, 0.6) is 0 Å². The summed E-state index contributed by atoms with van der Waals surface area (Å²) in [6.07, 6.45) is 3.47. The Bertz CT molecular complexity index is 521. The van der Waals surface area contributed by atoms with E-state index in [1.54, 1.807) is 13.2 Å². The zero-order chi connectivity index (χ0) is 17.2. The Hall–Kier alpha value is -0.640. The van der Waals surface area contributed by atoms with Crippen LogP contribution in [-0.2, 0) is 25.7 Å². The van der Waals surface area contributed by atoms with E-state index in [0.717, 1.165) is 5.57 Å². The van der Waals surface area contributed by atoms with Crippen molar-refractivity contribution in [1.29, 1.82) is 0 Å². The van der Waals surface area contributed by atoms with Crippen LogP contribution >= 0.6 is 0 Å². The Morgan fingerprint density at radius 3 is 2.36 bits per heavy atom. The van der Waals surface area contributed by atoms with E-state index in [1.165, 1.54) is 0 Å². The van der Waals surface area contributed by atoms with E-state index in [1.807, 2.05) is 20.8 Å². The van der Waals surface area contributed by atoms with Crippen LogP contribution in [0.3, 0.4) is 0 Å². The molecule has 0 saturated heterocycles. The van der Waals surface area contributed by atoms with E-state index < -0.39 is 26.5 Å². The molecule has 22 heavy (non-hydrogen) atoms. The third-order valence-corrected chi connectivity index (χ3v) is 5.32. The average Bonchev–Trinajstić information content (AvgIpc) is 2.47. The van der Waals surface area contributed by atoms with Gasteiger partial charge in [-0.2, -0.15) is 0 Å². The summed E-state index contributed by atoms with van der Waals surface area (Å²) in [7, 11) is -5.83. The molecule has 132 valence electrons. The van der Waals surface area contributed by atoms with Crippen LogP contribution in [-0.4, -0.2) is 41.3 Å². The topological polar surface area (TPSA) is 102 Å². The van der Waals surface area contributed by atoms with Crippen LogP contribution in [0.25, 0.3) is 0 Å². The van der Waals surface area contributed by atoms with Gasteiger partial charge in [-0.25, -0.2) is 26.3 Å². The monoisotopic (exact) mass is 356 g/mol. The quantitative estimate of drug-likeness (QED) is 0.356. The fourth-order valence-corrected chi connectivity index (χ4v) is 2.48. The number of rotatable bonds is 12. The minimum atomic E-state index is -3.20. The van der Waals surface area contributed by atoms with Crippen molar-refractivity contribution < 1.29 is 21.6 Å². The summed E-state index contributed by atoms with van der Waals surface area (Å²) in [5.41, 5.74) is 0.323. The number of nitrogens with one attached hydrogen (secondary N) is 2.